The van der Waals surface area contributed by atoms with Crippen molar-refractivity contribution in [1.82, 2.24) is 9.88 Å². The zero-order valence-corrected chi connectivity index (χ0v) is 14.4. The van der Waals surface area contributed by atoms with Crippen LogP contribution in [0.25, 0.3) is 5.70 Å². The summed E-state index contributed by atoms with van der Waals surface area (Å²) in [7, 11) is 0. The van der Waals surface area contributed by atoms with Gasteiger partial charge in [-0.1, -0.05) is 27.0 Å². The number of rotatable bonds is 6. The molecule has 0 saturated heterocycles. The molecule has 1 aromatic heterocycles. The third kappa shape index (κ3) is 3.63. The van der Waals surface area contributed by atoms with Crippen molar-refractivity contribution in [3.05, 3.63) is 59.9 Å². The minimum atomic E-state index is -0.727. The number of nitrogen functional groups attached to an aromatic ring is 1. The molecule has 5 N–H and O–H groups in total. The number of carbonyl (C=O) groups excluding carboxylic acids is 1. The van der Waals surface area contributed by atoms with E-state index in [0.29, 0.717) is 17.1 Å². The van der Waals surface area contributed by atoms with Crippen molar-refractivity contribution in [2.24, 2.45) is 5.73 Å². The van der Waals surface area contributed by atoms with E-state index in [2.05, 4.69) is 18.1 Å². The number of amides is 1. The van der Waals surface area contributed by atoms with Gasteiger partial charge in [-0.3, -0.25) is 9.69 Å². The summed E-state index contributed by atoms with van der Waals surface area (Å²) in [5.74, 6) is -0.873. The van der Waals surface area contributed by atoms with Crippen LogP contribution >= 0.6 is 0 Å². The molecule has 7 heteroatoms. The molecule has 0 radical (unpaired) electrons. The predicted octanol–water partition coefficient (Wildman–Crippen LogP) is 3.32. The van der Waals surface area contributed by atoms with Gasteiger partial charge in [0.1, 0.15) is 17.3 Å². The summed E-state index contributed by atoms with van der Waals surface area (Å²) in [6, 6.07) is 3.60. The maximum atomic E-state index is 13.8. The van der Waals surface area contributed by atoms with Crippen LogP contribution in [0.1, 0.15) is 32.3 Å². The molecular formula is C18H22FN5O. The predicted molar refractivity (Wildman–Crippen MR) is 96.8 cm³/mol. The van der Waals surface area contributed by atoms with E-state index in [4.69, 9.17) is 16.7 Å². The van der Waals surface area contributed by atoms with E-state index in [1.54, 1.807) is 12.3 Å². The fraction of sp³-hybridized carbons (Fsp3) is 0.222. The molecule has 2 rings (SSSR count). The molecule has 0 unspecified atom stereocenters. The standard InChI is InChI=1S/C16H16FN5O.C2H6/c1-3-12(10(9(2)17)5-4-7-18)22-14(13(19)16(22)23)11-6-8-21-15(11)20;1-2/h3,6,8,21H,1-2,4-5,19-20H2;1-2H3/b12-10+;. The Balaban J connectivity index is 0.00000151. The van der Waals surface area contributed by atoms with Crippen molar-refractivity contribution in [2.75, 3.05) is 5.73 Å². The maximum absolute atomic E-state index is 13.8. The summed E-state index contributed by atoms with van der Waals surface area (Å²) in [5.41, 5.74) is 12.9. The van der Waals surface area contributed by atoms with Crippen molar-refractivity contribution in [3.63, 3.8) is 0 Å². The highest BCUT2D eigenvalue weighted by atomic mass is 19.1. The molecule has 132 valence electrons. The highest BCUT2D eigenvalue weighted by Crippen LogP contribution is 2.39. The molecule has 1 aromatic rings. The van der Waals surface area contributed by atoms with Crippen molar-refractivity contribution in [2.45, 2.75) is 26.7 Å². The van der Waals surface area contributed by atoms with Crippen LogP contribution in [0.15, 0.2) is 54.3 Å². The number of aromatic amines is 1. The van der Waals surface area contributed by atoms with Gasteiger partial charge in [0.2, 0.25) is 0 Å². The Kier molecular flexibility index (Phi) is 6.76. The van der Waals surface area contributed by atoms with E-state index in [-0.39, 0.29) is 29.8 Å². The van der Waals surface area contributed by atoms with Gasteiger partial charge in [0.15, 0.2) is 0 Å². The molecule has 6 nitrogen and oxygen atoms in total. The molecule has 0 atom stereocenters. The molecule has 1 amide bonds. The Bertz CT molecular complexity index is 795. The quantitative estimate of drug-likeness (QED) is 0.688. The maximum Gasteiger partial charge on any atom is 0.281 e. The molecular weight excluding hydrogens is 321 g/mol. The van der Waals surface area contributed by atoms with Gasteiger partial charge in [0.05, 0.1) is 17.5 Å². The molecule has 1 aliphatic rings. The number of nitriles is 1. The molecule has 0 saturated carbocycles. The third-order valence-corrected chi connectivity index (χ3v) is 3.50. The average Bonchev–Trinajstić information content (AvgIpc) is 3.03. The van der Waals surface area contributed by atoms with Crippen LogP contribution in [-0.2, 0) is 4.79 Å². The summed E-state index contributed by atoms with van der Waals surface area (Å²) < 4.78 is 13.8. The van der Waals surface area contributed by atoms with E-state index in [9.17, 15) is 9.18 Å². The number of anilines is 1. The van der Waals surface area contributed by atoms with Crippen LogP contribution in [0, 0.1) is 11.3 Å². The second-order valence-electron chi connectivity index (χ2n) is 4.84. The fourth-order valence-electron chi connectivity index (χ4n) is 2.41. The number of hydrogen-bond acceptors (Lipinski definition) is 4. The first-order valence-electron chi connectivity index (χ1n) is 7.78. The van der Waals surface area contributed by atoms with Gasteiger partial charge in [0, 0.05) is 23.8 Å². The molecule has 25 heavy (non-hydrogen) atoms. The highest BCUT2D eigenvalue weighted by molar-refractivity contribution is 6.15. The summed E-state index contributed by atoms with van der Waals surface area (Å²) in [6.45, 7) is 10.9. The van der Waals surface area contributed by atoms with Gasteiger partial charge >= 0.3 is 0 Å². The molecule has 0 bridgehead atoms. The number of hydrogen-bond donors (Lipinski definition) is 3. The molecule has 0 spiro atoms. The smallest absolute Gasteiger partial charge is 0.281 e. The Morgan fingerprint density at radius 1 is 1.48 bits per heavy atom. The van der Waals surface area contributed by atoms with Crippen LogP contribution < -0.4 is 11.5 Å². The van der Waals surface area contributed by atoms with Crippen LogP contribution in [0.5, 0.6) is 0 Å². The Hall–Kier alpha value is -3.27. The number of carbonyl (C=O) groups is 1. The zero-order valence-electron chi connectivity index (χ0n) is 14.4. The van der Waals surface area contributed by atoms with E-state index in [1.807, 2.05) is 19.9 Å². The van der Waals surface area contributed by atoms with Gasteiger partial charge in [-0.25, -0.2) is 4.39 Å². The lowest BCUT2D eigenvalue weighted by atomic mass is 9.98. The van der Waals surface area contributed by atoms with Crippen molar-refractivity contribution >= 4 is 17.4 Å². The van der Waals surface area contributed by atoms with Gasteiger partial charge in [-0.2, -0.15) is 5.26 Å². The largest absolute Gasteiger partial charge is 0.393 e. The van der Waals surface area contributed by atoms with Crippen molar-refractivity contribution < 1.29 is 9.18 Å². The van der Waals surface area contributed by atoms with Crippen LogP contribution in [0.4, 0.5) is 10.2 Å². The number of nitrogens with one attached hydrogen (secondary N) is 1. The Labute approximate surface area is 146 Å². The number of halogens is 1. The third-order valence-electron chi connectivity index (χ3n) is 3.50. The molecule has 2 heterocycles. The molecule has 0 fully saturated rings. The fourth-order valence-corrected chi connectivity index (χ4v) is 2.41. The Morgan fingerprint density at radius 3 is 2.56 bits per heavy atom. The molecule has 0 aliphatic carbocycles. The van der Waals surface area contributed by atoms with E-state index in [0.717, 1.165) is 0 Å². The lowest BCUT2D eigenvalue weighted by Crippen LogP contribution is -2.44. The van der Waals surface area contributed by atoms with Gasteiger partial charge in [0.25, 0.3) is 5.91 Å². The van der Waals surface area contributed by atoms with Gasteiger partial charge in [-0.05, 0) is 18.6 Å². The summed E-state index contributed by atoms with van der Waals surface area (Å²) >= 11 is 0. The number of nitrogens with two attached hydrogens (primary N) is 2. The second-order valence-corrected chi connectivity index (χ2v) is 4.84. The second kappa shape index (κ2) is 8.55. The van der Waals surface area contributed by atoms with E-state index in [1.165, 1.54) is 11.0 Å². The van der Waals surface area contributed by atoms with Crippen LogP contribution in [0.2, 0.25) is 0 Å². The van der Waals surface area contributed by atoms with Gasteiger partial charge < -0.3 is 16.5 Å². The number of nitrogens with zero attached hydrogens (tertiary/aromatic N) is 2. The summed E-state index contributed by atoms with van der Waals surface area (Å²) in [5, 5.41) is 8.71. The van der Waals surface area contributed by atoms with Crippen LogP contribution in [-0.4, -0.2) is 15.8 Å². The van der Waals surface area contributed by atoms with Crippen molar-refractivity contribution in [3.8, 4) is 6.07 Å². The lowest BCUT2D eigenvalue weighted by molar-refractivity contribution is -0.124. The summed E-state index contributed by atoms with van der Waals surface area (Å²) in [6.07, 6.45) is 3.13. The minimum Gasteiger partial charge on any atom is -0.393 e. The topological polar surface area (TPSA) is 112 Å². The highest BCUT2D eigenvalue weighted by Gasteiger charge is 2.39. The van der Waals surface area contributed by atoms with Crippen molar-refractivity contribution in [1.29, 1.82) is 5.26 Å². The number of allylic oxidation sites excluding steroid dienone is 3. The first-order chi connectivity index (χ1) is 11.9. The first kappa shape index (κ1) is 19.8. The number of H-pyrrole nitrogens is 1. The monoisotopic (exact) mass is 343 g/mol. The molecule has 0 aromatic carbocycles. The average molecular weight is 343 g/mol. The zero-order chi connectivity index (χ0) is 19.1. The SMILES string of the molecule is C=C/C(=C(/CCC#N)C(=C)F)N1C(=O)C(N)=C1c1cc[nH]c1N.CC. The van der Waals surface area contributed by atoms with E-state index >= 15 is 0 Å². The summed E-state index contributed by atoms with van der Waals surface area (Å²) in [4.78, 5) is 16.2. The lowest BCUT2D eigenvalue weighted by Gasteiger charge is -2.36. The molecule has 1 aliphatic heterocycles. The van der Waals surface area contributed by atoms with E-state index < -0.39 is 11.7 Å². The Morgan fingerprint density at radius 2 is 2.12 bits per heavy atom. The first-order valence-corrected chi connectivity index (χ1v) is 7.78. The number of aromatic nitrogens is 1. The van der Waals surface area contributed by atoms with Crippen LogP contribution in [0.3, 0.4) is 0 Å². The normalized spacial score (nSPS) is 14.0. The van der Waals surface area contributed by atoms with Gasteiger partial charge in [-0.15, -0.1) is 0 Å². The minimum absolute atomic E-state index is 0.0275.